The molecule has 2 nitrogen and oxygen atoms in total. The molecule has 0 bridgehead atoms. The summed E-state index contributed by atoms with van der Waals surface area (Å²) in [4.78, 5) is 2.65. The van der Waals surface area contributed by atoms with Crippen molar-refractivity contribution < 1.29 is 0 Å². The van der Waals surface area contributed by atoms with Crippen LogP contribution in [0.3, 0.4) is 0 Å². The van der Waals surface area contributed by atoms with Crippen LogP contribution in [0.2, 0.25) is 0 Å². The summed E-state index contributed by atoms with van der Waals surface area (Å²) in [5, 5.41) is 0. The number of hydrogen-bond acceptors (Lipinski definition) is 2. The van der Waals surface area contributed by atoms with Crippen molar-refractivity contribution in [1.29, 1.82) is 0 Å². The summed E-state index contributed by atoms with van der Waals surface area (Å²) < 4.78 is 0. The Kier molecular flexibility index (Phi) is 4.90. The summed E-state index contributed by atoms with van der Waals surface area (Å²) in [5.74, 6) is 1.48. The van der Waals surface area contributed by atoms with Gasteiger partial charge >= 0.3 is 0 Å². The maximum absolute atomic E-state index is 5.67. The second kappa shape index (κ2) is 5.72. The fraction of sp³-hybridized carbons (Fsp3) is 1.00. The van der Waals surface area contributed by atoms with Gasteiger partial charge in [-0.2, -0.15) is 0 Å². The Labute approximate surface area is 88.8 Å². The fourth-order valence-electron chi connectivity index (χ4n) is 1.76. The molecule has 84 valence electrons. The molecule has 1 saturated carbocycles. The first kappa shape index (κ1) is 12.0. The first-order chi connectivity index (χ1) is 6.63. The molecular weight excluding hydrogens is 172 g/mol. The van der Waals surface area contributed by atoms with Gasteiger partial charge in [0.2, 0.25) is 0 Å². The fourth-order valence-corrected chi connectivity index (χ4v) is 1.76. The topological polar surface area (TPSA) is 29.3 Å². The Bertz CT molecular complexity index is 152. The van der Waals surface area contributed by atoms with Gasteiger partial charge in [0.05, 0.1) is 0 Å². The third kappa shape index (κ3) is 4.43. The van der Waals surface area contributed by atoms with Crippen molar-refractivity contribution in [2.24, 2.45) is 17.6 Å². The SMILES string of the molecule is CC(C)CCN(CC(C)CN)C1CC1. The number of rotatable bonds is 7. The zero-order valence-corrected chi connectivity index (χ0v) is 10.00. The summed E-state index contributed by atoms with van der Waals surface area (Å²) >= 11 is 0. The maximum atomic E-state index is 5.67. The first-order valence-corrected chi connectivity index (χ1v) is 6.07. The van der Waals surface area contributed by atoms with Gasteiger partial charge in [-0.25, -0.2) is 0 Å². The van der Waals surface area contributed by atoms with Crippen LogP contribution in [-0.4, -0.2) is 30.6 Å². The lowest BCUT2D eigenvalue weighted by Crippen LogP contribution is -2.34. The molecule has 2 heteroatoms. The number of nitrogens with two attached hydrogens (primary N) is 1. The molecule has 0 aromatic carbocycles. The summed E-state index contributed by atoms with van der Waals surface area (Å²) in [5.41, 5.74) is 5.67. The molecule has 14 heavy (non-hydrogen) atoms. The van der Waals surface area contributed by atoms with E-state index >= 15 is 0 Å². The van der Waals surface area contributed by atoms with E-state index < -0.39 is 0 Å². The highest BCUT2D eigenvalue weighted by Crippen LogP contribution is 2.27. The summed E-state index contributed by atoms with van der Waals surface area (Å²) in [7, 11) is 0. The van der Waals surface area contributed by atoms with Crippen LogP contribution >= 0.6 is 0 Å². The van der Waals surface area contributed by atoms with E-state index in [1.807, 2.05) is 0 Å². The van der Waals surface area contributed by atoms with E-state index in [1.54, 1.807) is 0 Å². The minimum absolute atomic E-state index is 0.655. The van der Waals surface area contributed by atoms with Gasteiger partial charge < -0.3 is 10.6 Å². The molecule has 0 radical (unpaired) electrons. The van der Waals surface area contributed by atoms with Crippen molar-refractivity contribution in [1.82, 2.24) is 4.90 Å². The van der Waals surface area contributed by atoms with Crippen LogP contribution in [0.4, 0.5) is 0 Å². The molecule has 0 spiro atoms. The van der Waals surface area contributed by atoms with E-state index in [0.29, 0.717) is 5.92 Å². The highest BCUT2D eigenvalue weighted by atomic mass is 15.2. The number of hydrogen-bond donors (Lipinski definition) is 1. The second-order valence-electron chi connectivity index (χ2n) is 5.25. The van der Waals surface area contributed by atoms with E-state index in [0.717, 1.165) is 18.5 Å². The third-order valence-electron chi connectivity index (χ3n) is 3.01. The molecular formula is C12H26N2. The minimum Gasteiger partial charge on any atom is -0.330 e. The van der Waals surface area contributed by atoms with Crippen LogP contribution in [0, 0.1) is 11.8 Å². The van der Waals surface area contributed by atoms with Crippen molar-refractivity contribution in [2.75, 3.05) is 19.6 Å². The monoisotopic (exact) mass is 198 g/mol. The zero-order valence-electron chi connectivity index (χ0n) is 10.00. The van der Waals surface area contributed by atoms with Crippen LogP contribution < -0.4 is 5.73 Å². The zero-order chi connectivity index (χ0) is 10.6. The van der Waals surface area contributed by atoms with Crippen LogP contribution in [0.25, 0.3) is 0 Å². The highest BCUT2D eigenvalue weighted by Gasteiger charge is 2.29. The predicted octanol–water partition coefficient (Wildman–Crippen LogP) is 2.09. The molecule has 0 aliphatic heterocycles. The molecule has 1 atom stereocenters. The van der Waals surface area contributed by atoms with Gasteiger partial charge in [0.1, 0.15) is 0 Å². The maximum Gasteiger partial charge on any atom is 0.00965 e. The lowest BCUT2D eigenvalue weighted by atomic mass is 10.1. The Hall–Kier alpha value is -0.0800. The van der Waals surface area contributed by atoms with E-state index in [-0.39, 0.29) is 0 Å². The molecule has 0 amide bonds. The smallest absolute Gasteiger partial charge is 0.00965 e. The van der Waals surface area contributed by atoms with Crippen molar-refractivity contribution in [3.63, 3.8) is 0 Å². The lowest BCUT2D eigenvalue weighted by Gasteiger charge is -2.25. The molecule has 0 saturated heterocycles. The minimum atomic E-state index is 0.655. The average Bonchev–Trinajstić information content (AvgIpc) is 2.94. The quantitative estimate of drug-likeness (QED) is 0.679. The van der Waals surface area contributed by atoms with E-state index in [9.17, 15) is 0 Å². The molecule has 1 unspecified atom stereocenters. The summed E-state index contributed by atoms with van der Waals surface area (Å²) in [6.45, 7) is 10.2. The Balaban J connectivity index is 2.24. The number of nitrogens with zero attached hydrogens (tertiary/aromatic N) is 1. The third-order valence-corrected chi connectivity index (χ3v) is 3.01. The largest absolute Gasteiger partial charge is 0.330 e. The van der Waals surface area contributed by atoms with Crippen LogP contribution in [-0.2, 0) is 0 Å². The standard InChI is InChI=1S/C12H26N2/c1-10(2)6-7-14(12-4-5-12)9-11(3)8-13/h10-12H,4-9,13H2,1-3H3. The van der Waals surface area contributed by atoms with Gasteiger partial charge in [-0.05, 0) is 44.2 Å². The molecule has 1 fully saturated rings. The van der Waals surface area contributed by atoms with Crippen molar-refractivity contribution in [2.45, 2.75) is 46.1 Å². The molecule has 1 aliphatic carbocycles. The van der Waals surface area contributed by atoms with E-state index in [4.69, 9.17) is 5.73 Å². The van der Waals surface area contributed by atoms with Crippen molar-refractivity contribution in [3.8, 4) is 0 Å². The van der Waals surface area contributed by atoms with Crippen LogP contribution in [0.1, 0.15) is 40.0 Å². The van der Waals surface area contributed by atoms with Crippen LogP contribution in [0.5, 0.6) is 0 Å². The molecule has 0 heterocycles. The van der Waals surface area contributed by atoms with Crippen LogP contribution in [0.15, 0.2) is 0 Å². The Morgan fingerprint density at radius 3 is 2.36 bits per heavy atom. The Morgan fingerprint density at radius 1 is 1.29 bits per heavy atom. The normalized spacial score (nSPS) is 19.3. The van der Waals surface area contributed by atoms with Gasteiger partial charge in [0.15, 0.2) is 0 Å². The van der Waals surface area contributed by atoms with Gasteiger partial charge in [-0.15, -0.1) is 0 Å². The Morgan fingerprint density at radius 2 is 1.93 bits per heavy atom. The average molecular weight is 198 g/mol. The molecule has 1 rings (SSSR count). The second-order valence-corrected chi connectivity index (χ2v) is 5.25. The lowest BCUT2D eigenvalue weighted by molar-refractivity contribution is 0.218. The molecule has 2 N–H and O–H groups in total. The van der Waals surface area contributed by atoms with Gasteiger partial charge in [0, 0.05) is 12.6 Å². The molecule has 0 aromatic rings. The van der Waals surface area contributed by atoms with Gasteiger partial charge in [-0.3, -0.25) is 0 Å². The van der Waals surface area contributed by atoms with Crippen molar-refractivity contribution in [3.05, 3.63) is 0 Å². The summed E-state index contributed by atoms with van der Waals surface area (Å²) in [6, 6.07) is 0.891. The van der Waals surface area contributed by atoms with Gasteiger partial charge in [-0.1, -0.05) is 20.8 Å². The van der Waals surface area contributed by atoms with E-state index in [2.05, 4.69) is 25.7 Å². The highest BCUT2D eigenvalue weighted by molar-refractivity contribution is 4.85. The first-order valence-electron chi connectivity index (χ1n) is 6.07. The van der Waals surface area contributed by atoms with Crippen molar-refractivity contribution >= 4 is 0 Å². The van der Waals surface area contributed by atoms with E-state index in [1.165, 1.54) is 32.4 Å². The summed E-state index contributed by atoms with van der Waals surface area (Å²) in [6.07, 6.45) is 4.15. The van der Waals surface area contributed by atoms with Gasteiger partial charge in [0.25, 0.3) is 0 Å². The predicted molar refractivity (Wildman–Crippen MR) is 62.3 cm³/mol. The molecule has 1 aliphatic rings. The molecule has 0 aromatic heterocycles.